The average molecular weight is 392 g/mol. The number of alkyl halides is 5. The largest absolute Gasteiger partial charge is 0.434 e. The van der Waals surface area contributed by atoms with Crippen LogP contribution in [-0.2, 0) is 6.18 Å². The Morgan fingerprint density at radius 1 is 0.913 bits per heavy atom. The van der Waals surface area contributed by atoms with Gasteiger partial charge in [0.15, 0.2) is 0 Å². The maximum absolute atomic E-state index is 12.7. The van der Waals surface area contributed by atoms with E-state index in [1.807, 2.05) is 0 Å². The highest BCUT2D eigenvalue weighted by Crippen LogP contribution is 2.45. The molecule has 0 aromatic heterocycles. The van der Waals surface area contributed by atoms with Crippen LogP contribution in [0.4, 0.5) is 22.0 Å². The summed E-state index contributed by atoms with van der Waals surface area (Å²) in [6.07, 6.45) is -4.72. The van der Waals surface area contributed by atoms with Crippen molar-refractivity contribution in [3.63, 3.8) is 0 Å². The van der Waals surface area contributed by atoms with E-state index in [4.69, 9.17) is 34.8 Å². The molecule has 1 nitrogen and oxygen atoms in total. The van der Waals surface area contributed by atoms with Crippen molar-refractivity contribution in [1.82, 2.24) is 0 Å². The highest BCUT2D eigenvalue weighted by molar-refractivity contribution is 6.46. The van der Waals surface area contributed by atoms with Crippen molar-refractivity contribution in [2.45, 2.75) is 12.8 Å². The van der Waals surface area contributed by atoms with Crippen LogP contribution in [0, 0.1) is 0 Å². The number of rotatable bonds is 3. The molecule has 0 spiro atoms. The third kappa shape index (κ3) is 4.00. The number of halogens is 8. The van der Waals surface area contributed by atoms with E-state index in [2.05, 4.69) is 4.74 Å². The lowest BCUT2D eigenvalue weighted by molar-refractivity contribution is -0.138. The molecule has 0 unspecified atom stereocenters. The highest BCUT2D eigenvalue weighted by Gasteiger charge is 2.32. The average Bonchev–Trinajstić information content (AvgIpc) is 2.43. The van der Waals surface area contributed by atoms with Gasteiger partial charge in [-0.1, -0.05) is 34.8 Å². The van der Waals surface area contributed by atoms with Crippen LogP contribution in [0.1, 0.15) is 5.56 Å². The van der Waals surface area contributed by atoms with Crippen LogP contribution in [0.25, 0.3) is 11.1 Å². The fourth-order valence-corrected chi connectivity index (χ4v) is 2.60. The van der Waals surface area contributed by atoms with Crippen LogP contribution in [0.15, 0.2) is 30.3 Å². The molecule has 23 heavy (non-hydrogen) atoms. The van der Waals surface area contributed by atoms with E-state index in [1.165, 1.54) is 12.1 Å². The summed E-state index contributed by atoms with van der Waals surface area (Å²) in [4.78, 5) is 0. The lowest BCUT2D eigenvalue weighted by Crippen LogP contribution is -2.08. The van der Waals surface area contributed by atoms with Crippen LogP contribution in [0.3, 0.4) is 0 Å². The molecular weight excluding hydrogens is 386 g/mol. The zero-order valence-electron chi connectivity index (χ0n) is 10.9. The van der Waals surface area contributed by atoms with Gasteiger partial charge in [-0.2, -0.15) is 22.0 Å². The zero-order chi connectivity index (χ0) is 17.4. The quantitative estimate of drug-likeness (QED) is 0.407. The van der Waals surface area contributed by atoms with E-state index in [0.717, 1.165) is 6.07 Å². The van der Waals surface area contributed by atoms with E-state index >= 15 is 0 Å². The molecule has 2 aromatic carbocycles. The molecule has 0 saturated heterocycles. The lowest BCUT2D eigenvalue weighted by atomic mass is 10.0. The summed E-state index contributed by atoms with van der Waals surface area (Å²) in [7, 11) is 0. The number of ether oxygens (including phenoxy) is 1. The summed E-state index contributed by atoms with van der Waals surface area (Å²) >= 11 is 17.8. The van der Waals surface area contributed by atoms with E-state index in [1.54, 1.807) is 0 Å². The second-order valence-electron chi connectivity index (χ2n) is 4.31. The van der Waals surface area contributed by atoms with Gasteiger partial charge in [0.1, 0.15) is 5.75 Å². The minimum Gasteiger partial charge on any atom is -0.434 e. The number of benzene rings is 2. The molecule has 0 aliphatic carbocycles. The number of hydrogen-bond donors (Lipinski definition) is 0. The van der Waals surface area contributed by atoms with E-state index in [0.29, 0.717) is 12.1 Å². The van der Waals surface area contributed by atoms with E-state index < -0.39 is 24.1 Å². The molecular formula is C14H6Cl3F5O. The Morgan fingerprint density at radius 2 is 1.52 bits per heavy atom. The molecule has 0 aliphatic rings. The third-order valence-electron chi connectivity index (χ3n) is 2.84. The van der Waals surface area contributed by atoms with Gasteiger partial charge in [0, 0.05) is 11.1 Å². The smallest absolute Gasteiger partial charge is 0.416 e. The summed E-state index contributed by atoms with van der Waals surface area (Å²) in [6, 6.07) is 4.82. The Labute approximate surface area is 142 Å². The molecule has 0 radical (unpaired) electrons. The van der Waals surface area contributed by atoms with Crippen molar-refractivity contribution < 1.29 is 26.7 Å². The van der Waals surface area contributed by atoms with Gasteiger partial charge in [0.05, 0.1) is 20.6 Å². The van der Waals surface area contributed by atoms with Crippen LogP contribution in [0.5, 0.6) is 5.75 Å². The first-order valence-electron chi connectivity index (χ1n) is 5.91. The Hall–Kier alpha value is -1.24. The summed E-state index contributed by atoms with van der Waals surface area (Å²) < 4.78 is 67.5. The molecule has 0 fully saturated rings. The van der Waals surface area contributed by atoms with Gasteiger partial charge in [-0.15, -0.1) is 0 Å². The molecule has 0 N–H and O–H groups in total. The van der Waals surface area contributed by atoms with Gasteiger partial charge in [0.25, 0.3) is 0 Å². The molecule has 124 valence electrons. The van der Waals surface area contributed by atoms with Gasteiger partial charge >= 0.3 is 12.8 Å². The Bertz CT molecular complexity index is 731. The zero-order valence-corrected chi connectivity index (χ0v) is 13.2. The van der Waals surface area contributed by atoms with Crippen LogP contribution < -0.4 is 4.74 Å². The second-order valence-corrected chi connectivity index (χ2v) is 5.50. The summed E-state index contributed by atoms with van der Waals surface area (Å²) in [6.45, 7) is -3.33. The summed E-state index contributed by atoms with van der Waals surface area (Å²) in [5.74, 6) is -0.708. The van der Waals surface area contributed by atoms with Gasteiger partial charge in [-0.3, -0.25) is 0 Å². The Balaban J connectivity index is 2.70. The predicted molar refractivity (Wildman–Crippen MR) is 78.5 cm³/mol. The van der Waals surface area contributed by atoms with Crippen molar-refractivity contribution in [1.29, 1.82) is 0 Å². The fourth-order valence-electron chi connectivity index (χ4n) is 1.87. The van der Waals surface area contributed by atoms with E-state index in [9.17, 15) is 22.0 Å². The predicted octanol–water partition coefficient (Wildman–Crippen LogP) is 6.93. The second kappa shape index (κ2) is 6.71. The van der Waals surface area contributed by atoms with Gasteiger partial charge < -0.3 is 4.74 Å². The maximum atomic E-state index is 12.7. The van der Waals surface area contributed by atoms with Crippen LogP contribution in [-0.4, -0.2) is 6.61 Å². The summed E-state index contributed by atoms with van der Waals surface area (Å²) in [5.41, 5.74) is -1.27. The van der Waals surface area contributed by atoms with Gasteiger partial charge in [0.2, 0.25) is 0 Å². The molecule has 0 heterocycles. The fraction of sp³-hybridized carbons (Fsp3) is 0.143. The van der Waals surface area contributed by atoms with Crippen molar-refractivity contribution in [2.24, 2.45) is 0 Å². The molecule has 9 heteroatoms. The Kier molecular flexibility index (Phi) is 5.28. The first-order valence-corrected chi connectivity index (χ1v) is 7.04. The summed E-state index contributed by atoms with van der Waals surface area (Å²) in [5, 5.41) is 0.00489. The lowest BCUT2D eigenvalue weighted by Gasteiger charge is -2.16. The van der Waals surface area contributed by atoms with E-state index in [-0.39, 0.29) is 26.2 Å². The minimum absolute atomic E-state index is 0.00482. The van der Waals surface area contributed by atoms with Gasteiger partial charge in [-0.05, 0) is 30.3 Å². The molecule has 0 saturated carbocycles. The van der Waals surface area contributed by atoms with Gasteiger partial charge in [-0.25, -0.2) is 0 Å². The molecule has 2 aromatic rings. The first kappa shape index (κ1) is 18.1. The van der Waals surface area contributed by atoms with Crippen molar-refractivity contribution in [3.8, 4) is 16.9 Å². The molecule has 0 aliphatic heterocycles. The van der Waals surface area contributed by atoms with Crippen molar-refractivity contribution in [3.05, 3.63) is 51.0 Å². The van der Waals surface area contributed by atoms with Crippen molar-refractivity contribution >= 4 is 34.8 Å². The number of hydrogen-bond acceptors (Lipinski definition) is 1. The third-order valence-corrected chi connectivity index (χ3v) is 3.96. The molecule has 0 amide bonds. The highest BCUT2D eigenvalue weighted by atomic mass is 35.5. The van der Waals surface area contributed by atoms with Crippen molar-refractivity contribution in [2.75, 3.05) is 0 Å². The minimum atomic E-state index is -4.72. The Morgan fingerprint density at radius 3 is 2.09 bits per heavy atom. The monoisotopic (exact) mass is 390 g/mol. The molecule has 0 bridgehead atoms. The van der Waals surface area contributed by atoms with Crippen LogP contribution in [0.2, 0.25) is 15.1 Å². The first-order chi connectivity index (χ1) is 10.6. The normalized spacial score (nSPS) is 11.9. The standard InChI is InChI=1S/C14H6Cl3F5O/c15-8-3-4-9(16)12(17)11(8)7-2-1-6(14(20,21)22)5-10(7)23-13(18)19/h1-5,13H. The topological polar surface area (TPSA) is 9.23 Å². The molecule has 2 rings (SSSR count). The maximum Gasteiger partial charge on any atom is 0.416 e. The molecule has 0 atom stereocenters. The van der Waals surface area contributed by atoms with Crippen LogP contribution >= 0.6 is 34.8 Å². The SMILES string of the molecule is FC(F)Oc1cc(C(F)(F)F)ccc1-c1c(Cl)ccc(Cl)c1Cl.